The second kappa shape index (κ2) is 8.88. The number of benzene rings is 2. The van der Waals surface area contributed by atoms with Gasteiger partial charge in [0.2, 0.25) is 0 Å². The number of halogens is 1. The Bertz CT molecular complexity index is 995. The zero-order valence-corrected chi connectivity index (χ0v) is 15.3. The van der Waals surface area contributed by atoms with Gasteiger partial charge in [0.1, 0.15) is 5.75 Å². The Balaban J connectivity index is 1.57. The molecule has 8 heteroatoms. The number of carbonyl (C=O) groups excluding carboxylic acids is 1. The molecule has 0 fully saturated rings. The maximum atomic E-state index is 11.8. The molecule has 0 aliphatic rings. The fourth-order valence-corrected chi connectivity index (χ4v) is 2.51. The number of hydrazone groups is 1. The molecule has 0 bridgehead atoms. The summed E-state index contributed by atoms with van der Waals surface area (Å²) in [5, 5.41) is 13.5. The number of carboxylic acids is 1. The summed E-state index contributed by atoms with van der Waals surface area (Å²) in [5.74, 6) is -0.860. The van der Waals surface area contributed by atoms with Crippen LogP contribution in [0.3, 0.4) is 0 Å². The summed E-state index contributed by atoms with van der Waals surface area (Å²) in [6, 6.07) is 16.7. The predicted molar refractivity (Wildman–Crippen MR) is 105 cm³/mol. The molecule has 0 saturated carbocycles. The van der Waals surface area contributed by atoms with Gasteiger partial charge >= 0.3 is 5.97 Å². The van der Waals surface area contributed by atoms with E-state index >= 15 is 0 Å². The van der Waals surface area contributed by atoms with Crippen LogP contribution in [0.5, 0.6) is 5.75 Å². The molecule has 0 aliphatic carbocycles. The number of carboxylic acid groups (broad SMARTS) is 1. The highest BCUT2D eigenvalue weighted by atomic mass is 35.5. The van der Waals surface area contributed by atoms with Crippen LogP contribution in [0.25, 0.3) is 5.69 Å². The zero-order chi connectivity index (χ0) is 19.9. The van der Waals surface area contributed by atoms with Gasteiger partial charge in [-0.1, -0.05) is 11.6 Å². The molecular weight excluding hydrogens is 382 g/mol. The van der Waals surface area contributed by atoms with Crippen molar-refractivity contribution in [3.8, 4) is 11.4 Å². The van der Waals surface area contributed by atoms with Gasteiger partial charge in [-0.25, -0.2) is 10.2 Å². The van der Waals surface area contributed by atoms with E-state index in [0.717, 1.165) is 5.69 Å². The van der Waals surface area contributed by atoms with E-state index in [0.29, 0.717) is 16.5 Å². The molecule has 28 heavy (non-hydrogen) atoms. The van der Waals surface area contributed by atoms with Crippen LogP contribution >= 0.6 is 11.6 Å². The highest BCUT2D eigenvalue weighted by Crippen LogP contribution is 2.15. The third-order valence-electron chi connectivity index (χ3n) is 3.74. The van der Waals surface area contributed by atoms with Crippen LogP contribution in [-0.2, 0) is 4.79 Å². The van der Waals surface area contributed by atoms with Crippen LogP contribution in [0.1, 0.15) is 16.1 Å². The van der Waals surface area contributed by atoms with Crippen LogP contribution in [0.15, 0.2) is 72.0 Å². The van der Waals surface area contributed by atoms with E-state index in [-0.39, 0.29) is 12.2 Å². The molecule has 142 valence electrons. The lowest BCUT2D eigenvalue weighted by Crippen LogP contribution is -2.24. The zero-order valence-electron chi connectivity index (χ0n) is 14.6. The maximum Gasteiger partial charge on any atom is 0.335 e. The lowest BCUT2D eigenvalue weighted by molar-refractivity contribution is -0.123. The van der Waals surface area contributed by atoms with Crippen molar-refractivity contribution in [1.82, 2.24) is 9.99 Å². The molecule has 1 aromatic heterocycles. The number of amides is 1. The summed E-state index contributed by atoms with van der Waals surface area (Å²) in [6.45, 7) is -0.184. The van der Waals surface area contributed by atoms with Gasteiger partial charge in [-0.15, -0.1) is 0 Å². The molecule has 0 unspecified atom stereocenters. The van der Waals surface area contributed by atoms with Crippen LogP contribution in [-0.4, -0.2) is 34.4 Å². The van der Waals surface area contributed by atoms with Crippen LogP contribution < -0.4 is 10.2 Å². The number of aromatic nitrogens is 1. The summed E-state index contributed by atoms with van der Waals surface area (Å²) in [6.07, 6.45) is 3.30. The molecule has 2 N–H and O–H groups in total. The molecule has 3 aromatic rings. The Morgan fingerprint density at radius 2 is 1.82 bits per heavy atom. The van der Waals surface area contributed by atoms with Crippen molar-refractivity contribution in [2.45, 2.75) is 0 Å². The number of rotatable bonds is 7. The quantitative estimate of drug-likeness (QED) is 0.472. The first-order chi connectivity index (χ1) is 13.5. The van der Waals surface area contributed by atoms with Crippen molar-refractivity contribution in [2.24, 2.45) is 5.10 Å². The molecule has 7 nitrogen and oxygen atoms in total. The van der Waals surface area contributed by atoms with Crippen molar-refractivity contribution in [3.63, 3.8) is 0 Å². The van der Waals surface area contributed by atoms with E-state index in [1.54, 1.807) is 36.4 Å². The third kappa shape index (κ3) is 4.99. The van der Waals surface area contributed by atoms with E-state index in [4.69, 9.17) is 21.4 Å². The van der Waals surface area contributed by atoms with E-state index in [1.165, 1.54) is 18.3 Å². The fourth-order valence-electron chi connectivity index (χ4n) is 2.38. The molecule has 1 amide bonds. The lowest BCUT2D eigenvalue weighted by Gasteiger charge is -2.07. The van der Waals surface area contributed by atoms with E-state index in [9.17, 15) is 9.59 Å². The number of hydrogen-bond donors (Lipinski definition) is 2. The highest BCUT2D eigenvalue weighted by molar-refractivity contribution is 6.30. The van der Waals surface area contributed by atoms with Crippen molar-refractivity contribution < 1.29 is 19.4 Å². The van der Waals surface area contributed by atoms with Gasteiger partial charge in [-0.3, -0.25) is 4.79 Å². The molecule has 0 spiro atoms. The first-order valence-corrected chi connectivity index (χ1v) is 8.62. The van der Waals surface area contributed by atoms with Gasteiger partial charge in [0.05, 0.1) is 17.5 Å². The second-order valence-corrected chi connectivity index (χ2v) is 6.13. The number of hydrogen-bond acceptors (Lipinski definition) is 4. The molecule has 1 heterocycles. The van der Waals surface area contributed by atoms with Gasteiger partial charge in [-0.2, -0.15) is 5.10 Å². The minimum atomic E-state index is -0.982. The number of carbonyl (C=O) groups is 2. The number of nitrogens with one attached hydrogen (secondary N) is 1. The second-order valence-electron chi connectivity index (χ2n) is 5.69. The highest BCUT2D eigenvalue weighted by Gasteiger charge is 2.05. The number of ether oxygens (including phenoxy) is 1. The summed E-state index contributed by atoms with van der Waals surface area (Å²) in [7, 11) is 0. The predicted octanol–water partition coefficient (Wildman–Crippen LogP) is 3.36. The van der Waals surface area contributed by atoms with Gasteiger partial charge < -0.3 is 14.4 Å². The summed E-state index contributed by atoms with van der Waals surface area (Å²) < 4.78 is 7.15. The molecule has 2 aromatic carbocycles. The average molecular weight is 398 g/mol. The molecule has 0 aliphatic heterocycles. The third-order valence-corrected chi connectivity index (χ3v) is 3.99. The molecule has 0 radical (unpaired) electrons. The van der Waals surface area contributed by atoms with Crippen molar-refractivity contribution in [3.05, 3.63) is 83.1 Å². The Labute approximate surface area is 165 Å². The monoisotopic (exact) mass is 397 g/mol. The van der Waals surface area contributed by atoms with Gasteiger partial charge in [0, 0.05) is 16.9 Å². The summed E-state index contributed by atoms with van der Waals surface area (Å²) in [4.78, 5) is 22.8. The summed E-state index contributed by atoms with van der Waals surface area (Å²) >= 11 is 5.79. The fraction of sp³-hybridized carbons (Fsp3) is 0.0500. The Morgan fingerprint density at radius 1 is 1.11 bits per heavy atom. The van der Waals surface area contributed by atoms with Crippen LogP contribution in [0.2, 0.25) is 5.02 Å². The van der Waals surface area contributed by atoms with Crippen molar-refractivity contribution in [1.29, 1.82) is 0 Å². The molecule has 0 saturated heterocycles. The van der Waals surface area contributed by atoms with Gasteiger partial charge in [0.15, 0.2) is 6.61 Å². The van der Waals surface area contributed by atoms with Crippen LogP contribution in [0, 0.1) is 0 Å². The van der Waals surface area contributed by atoms with Crippen LogP contribution in [0.4, 0.5) is 0 Å². The SMILES string of the molecule is O=C(COc1ccc(Cl)cc1)N/N=C\c1cccn1-c1ccc(C(=O)O)cc1. The Kier molecular flexibility index (Phi) is 6.08. The smallest absolute Gasteiger partial charge is 0.335 e. The van der Waals surface area contributed by atoms with E-state index < -0.39 is 11.9 Å². The molecule has 0 atom stereocenters. The minimum absolute atomic E-state index is 0.184. The maximum absolute atomic E-state index is 11.8. The van der Waals surface area contributed by atoms with Gasteiger partial charge in [0.25, 0.3) is 5.91 Å². The lowest BCUT2D eigenvalue weighted by atomic mass is 10.2. The van der Waals surface area contributed by atoms with Crippen molar-refractivity contribution in [2.75, 3.05) is 6.61 Å². The molecular formula is C20H16ClN3O4. The standard InChI is InChI=1S/C20H16ClN3O4/c21-15-5-9-18(10-6-15)28-13-19(25)23-22-12-17-2-1-11-24(17)16-7-3-14(4-8-16)20(26)27/h1-12H,13H2,(H,23,25)(H,26,27)/b22-12-. The van der Waals surface area contributed by atoms with Crippen molar-refractivity contribution >= 4 is 29.7 Å². The summed E-state index contributed by atoms with van der Waals surface area (Å²) in [5.41, 5.74) is 4.08. The number of aromatic carboxylic acids is 1. The largest absolute Gasteiger partial charge is 0.484 e. The Morgan fingerprint density at radius 3 is 2.50 bits per heavy atom. The first kappa shape index (κ1) is 19.2. The van der Waals surface area contributed by atoms with E-state index in [2.05, 4.69) is 10.5 Å². The van der Waals surface area contributed by atoms with E-state index in [1.807, 2.05) is 22.9 Å². The number of nitrogens with zero attached hydrogens (tertiary/aromatic N) is 2. The topological polar surface area (TPSA) is 92.9 Å². The average Bonchev–Trinajstić information content (AvgIpc) is 3.16. The normalized spacial score (nSPS) is 10.8. The minimum Gasteiger partial charge on any atom is -0.484 e. The first-order valence-electron chi connectivity index (χ1n) is 8.24. The molecule has 3 rings (SSSR count). The Hall–Kier alpha value is -3.58. The van der Waals surface area contributed by atoms with Gasteiger partial charge in [-0.05, 0) is 60.7 Å².